The predicted octanol–water partition coefficient (Wildman–Crippen LogP) is 3.31. The van der Waals surface area contributed by atoms with E-state index in [-0.39, 0.29) is 36.1 Å². The summed E-state index contributed by atoms with van der Waals surface area (Å²) in [5.74, 6) is -1.78. The molecule has 0 spiro atoms. The fourth-order valence-corrected chi connectivity index (χ4v) is 4.57. The van der Waals surface area contributed by atoms with E-state index in [1.54, 1.807) is 0 Å². The first-order valence-electron chi connectivity index (χ1n) is 12.3. The topological polar surface area (TPSA) is 108 Å². The van der Waals surface area contributed by atoms with E-state index in [2.05, 4.69) is 0 Å². The lowest BCUT2D eigenvalue weighted by atomic mass is 9.87. The third-order valence-corrected chi connectivity index (χ3v) is 6.78. The summed E-state index contributed by atoms with van der Waals surface area (Å²) >= 11 is 0. The monoisotopic (exact) mass is 538 g/mol. The van der Waals surface area contributed by atoms with Crippen LogP contribution >= 0.6 is 0 Å². The van der Waals surface area contributed by atoms with Gasteiger partial charge in [-0.05, 0) is 55.9 Å². The van der Waals surface area contributed by atoms with E-state index in [0.717, 1.165) is 29.9 Å². The smallest absolute Gasteiger partial charge is 0.430 e. The number of carbonyl (C=O) groups excluding carboxylic acids is 2. The third kappa shape index (κ3) is 6.50. The number of likely N-dealkylation sites (tertiary alicyclic amines) is 1. The summed E-state index contributed by atoms with van der Waals surface area (Å²) in [6.07, 6.45) is -1.81. The molecule has 0 aromatic heterocycles. The second kappa shape index (κ2) is 12.4. The van der Waals surface area contributed by atoms with Crippen LogP contribution in [0.15, 0.2) is 42.5 Å². The summed E-state index contributed by atoms with van der Waals surface area (Å²) in [6.45, 7) is 0.629. The van der Waals surface area contributed by atoms with Crippen LogP contribution in [0.2, 0.25) is 0 Å². The van der Waals surface area contributed by atoms with E-state index in [1.165, 1.54) is 44.6 Å². The van der Waals surface area contributed by atoms with Gasteiger partial charge in [0, 0.05) is 30.3 Å². The first-order chi connectivity index (χ1) is 18.0. The Balaban J connectivity index is 1.49. The van der Waals surface area contributed by atoms with Crippen LogP contribution in [0.4, 0.5) is 13.2 Å². The Morgan fingerprint density at radius 3 is 2.34 bits per heavy atom. The number of aliphatic hydroxyl groups is 1. The van der Waals surface area contributed by atoms with Crippen LogP contribution in [0, 0.1) is 5.92 Å². The van der Waals surface area contributed by atoms with Crippen LogP contribution < -0.4 is 19.3 Å². The molecule has 1 atom stereocenters. The molecule has 1 heterocycles. The highest BCUT2D eigenvalue weighted by Gasteiger charge is 2.62. The van der Waals surface area contributed by atoms with Crippen LogP contribution in [0.3, 0.4) is 0 Å². The van der Waals surface area contributed by atoms with Gasteiger partial charge in [0.15, 0.2) is 0 Å². The summed E-state index contributed by atoms with van der Waals surface area (Å²) in [5.41, 5.74) is -4.31. The summed E-state index contributed by atoms with van der Waals surface area (Å²) in [4.78, 5) is 25.1. The molecule has 1 unspecified atom stereocenters. The minimum atomic E-state index is -5.21. The van der Waals surface area contributed by atoms with Gasteiger partial charge < -0.3 is 34.1 Å². The van der Waals surface area contributed by atoms with Crippen LogP contribution in [0.5, 0.6) is 17.2 Å². The number of carboxylic acid groups (broad SMARTS) is 1. The van der Waals surface area contributed by atoms with Crippen molar-refractivity contribution in [2.75, 3.05) is 33.9 Å². The van der Waals surface area contributed by atoms with Crippen molar-refractivity contribution in [1.82, 2.24) is 4.90 Å². The van der Waals surface area contributed by atoms with Gasteiger partial charge in [0.1, 0.15) is 17.2 Å². The molecular weight excluding hydrogens is 507 g/mol. The Morgan fingerprint density at radius 2 is 1.74 bits per heavy atom. The number of piperidine rings is 1. The van der Waals surface area contributed by atoms with E-state index in [0.29, 0.717) is 31.6 Å². The Kier molecular flexibility index (Phi) is 9.48. The molecule has 2 aromatic rings. The largest absolute Gasteiger partial charge is 0.545 e. The number of carbonyl (C=O) groups is 2. The normalized spacial score (nSPS) is 16.0. The van der Waals surface area contributed by atoms with E-state index in [9.17, 15) is 33.0 Å². The zero-order chi connectivity index (χ0) is 27.9. The Hall–Kier alpha value is -3.47. The second-order valence-electron chi connectivity index (χ2n) is 9.17. The molecule has 1 fully saturated rings. The van der Waals surface area contributed by atoms with Gasteiger partial charge in [0.05, 0.1) is 26.8 Å². The van der Waals surface area contributed by atoms with Gasteiger partial charge in [0.2, 0.25) is 0 Å². The SMILES string of the molecule is COc1cccc(C(O)(C(=O)N2CCC(CCCCOc3ccc(C(=O)[O-])c(OC)c3)CC2)C(F)(F)F)c1. The predicted molar refractivity (Wildman–Crippen MR) is 129 cm³/mol. The summed E-state index contributed by atoms with van der Waals surface area (Å²) in [5, 5.41) is 21.7. The van der Waals surface area contributed by atoms with Crippen molar-refractivity contribution in [1.29, 1.82) is 0 Å². The van der Waals surface area contributed by atoms with Crippen LogP contribution in [-0.2, 0) is 10.4 Å². The zero-order valence-electron chi connectivity index (χ0n) is 21.3. The molecule has 1 N–H and O–H groups in total. The molecule has 2 aromatic carbocycles. The standard InChI is InChI=1S/C27H32F3NO7/c1-36-20-8-5-7-19(16-20)26(35,27(28,29)30)25(34)31-13-11-18(12-14-31)6-3-4-15-38-21-9-10-22(24(32)33)23(17-21)37-2/h5,7-10,16-18,35H,3-4,6,11-15H2,1-2H3,(H,32,33)/p-1. The minimum absolute atomic E-state index is 0.0677. The number of carboxylic acids is 1. The molecule has 0 saturated carbocycles. The number of methoxy groups -OCH3 is 2. The van der Waals surface area contributed by atoms with Gasteiger partial charge in [-0.1, -0.05) is 18.6 Å². The van der Waals surface area contributed by atoms with Gasteiger partial charge in [-0.3, -0.25) is 4.79 Å². The first-order valence-corrected chi connectivity index (χ1v) is 12.3. The molecule has 8 nitrogen and oxygen atoms in total. The fourth-order valence-electron chi connectivity index (χ4n) is 4.57. The lowest BCUT2D eigenvalue weighted by Gasteiger charge is -2.38. The van der Waals surface area contributed by atoms with Crippen molar-refractivity contribution >= 4 is 11.9 Å². The summed E-state index contributed by atoms with van der Waals surface area (Å²) < 4.78 is 57.6. The van der Waals surface area contributed by atoms with Crippen LogP contribution in [0.1, 0.15) is 48.0 Å². The second-order valence-corrected chi connectivity index (χ2v) is 9.17. The van der Waals surface area contributed by atoms with Crippen molar-refractivity contribution in [3.8, 4) is 17.2 Å². The molecule has 3 rings (SSSR count). The molecule has 1 amide bonds. The van der Waals surface area contributed by atoms with E-state index in [4.69, 9.17) is 14.2 Å². The maximum Gasteiger partial charge on any atom is 0.430 e. The lowest BCUT2D eigenvalue weighted by molar-refractivity contribution is -0.262. The molecule has 0 aliphatic carbocycles. The fraction of sp³-hybridized carbons (Fsp3) is 0.481. The summed E-state index contributed by atoms with van der Waals surface area (Å²) in [6, 6.07) is 9.18. The Bertz CT molecular complexity index is 1120. The number of nitrogens with zero attached hydrogens (tertiary/aromatic N) is 1. The molecule has 38 heavy (non-hydrogen) atoms. The molecule has 11 heteroatoms. The van der Waals surface area contributed by atoms with Gasteiger partial charge in [-0.15, -0.1) is 0 Å². The van der Waals surface area contributed by atoms with Crippen molar-refractivity contribution in [3.63, 3.8) is 0 Å². The number of alkyl halides is 3. The number of hydrogen-bond donors (Lipinski definition) is 1. The van der Waals surface area contributed by atoms with Crippen molar-refractivity contribution in [2.45, 2.75) is 43.9 Å². The van der Waals surface area contributed by atoms with Crippen molar-refractivity contribution in [2.24, 2.45) is 5.92 Å². The number of aromatic carboxylic acids is 1. The molecule has 1 saturated heterocycles. The van der Waals surface area contributed by atoms with Gasteiger partial charge in [-0.25, -0.2) is 0 Å². The maximum absolute atomic E-state index is 14.0. The molecule has 1 aliphatic rings. The average Bonchev–Trinajstić information content (AvgIpc) is 2.91. The lowest BCUT2D eigenvalue weighted by Crippen LogP contribution is -2.57. The first kappa shape index (κ1) is 29.1. The highest BCUT2D eigenvalue weighted by molar-refractivity contribution is 5.89. The molecular formula is C27H31F3NO7-. The highest BCUT2D eigenvalue weighted by atomic mass is 19.4. The number of halogens is 3. The molecule has 208 valence electrons. The van der Waals surface area contributed by atoms with E-state index < -0.39 is 29.2 Å². The number of unbranched alkanes of at least 4 members (excludes halogenated alkanes) is 1. The number of amides is 1. The maximum atomic E-state index is 14.0. The third-order valence-electron chi connectivity index (χ3n) is 6.78. The average molecular weight is 539 g/mol. The molecule has 0 bridgehead atoms. The van der Waals surface area contributed by atoms with Gasteiger partial charge in [0.25, 0.3) is 11.5 Å². The van der Waals surface area contributed by atoms with Gasteiger partial charge in [-0.2, -0.15) is 13.2 Å². The number of benzene rings is 2. The number of hydrogen-bond acceptors (Lipinski definition) is 7. The highest BCUT2D eigenvalue weighted by Crippen LogP contribution is 2.42. The van der Waals surface area contributed by atoms with Gasteiger partial charge >= 0.3 is 6.18 Å². The van der Waals surface area contributed by atoms with Crippen molar-refractivity contribution < 1.29 is 47.2 Å². The minimum Gasteiger partial charge on any atom is -0.545 e. The van der Waals surface area contributed by atoms with E-state index in [1.807, 2.05) is 0 Å². The van der Waals surface area contributed by atoms with Crippen LogP contribution in [-0.4, -0.2) is 62.0 Å². The van der Waals surface area contributed by atoms with Crippen molar-refractivity contribution in [3.05, 3.63) is 53.6 Å². The number of ether oxygens (including phenoxy) is 3. The molecule has 0 radical (unpaired) electrons. The number of rotatable bonds is 11. The summed E-state index contributed by atoms with van der Waals surface area (Å²) in [7, 11) is 2.64. The van der Waals surface area contributed by atoms with Crippen LogP contribution in [0.25, 0.3) is 0 Å². The Morgan fingerprint density at radius 1 is 1.03 bits per heavy atom. The quantitative estimate of drug-likeness (QED) is 0.438. The molecule has 1 aliphatic heterocycles. The van der Waals surface area contributed by atoms with E-state index >= 15 is 0 Å². The zero-order valence-corrected chi connectivity index (χ0v) is 21.3. The Labute approximate surface area is 218 Å².